The molecular weight excluding hydrogens is 461 g/mol. The molecule has 184 valence electrons. The lowest BCUT2D eigenvalue weighted by molar-refractivity contribution is 0.179. The summed E-state index contributed by atoms with van der Waals surface area (Å²) in [5, 5.41) is 18.6. The van der Waals surface area contributed by atoms with Crippen molar-refractivity contribution < 1.29 is 14.2 Å². The molecule has 36 heavy (non-hydrogen) atoms. The van der Waals surface area contributed by atoms with Crippen molar-refractivity contribution in [3.8, 4) is 22.6 Å². The van der Waals surface area contributed by atoms with Gasteiger partial charge < -0.3 is 20.1 Å². The van der Waals surface area contributed by atoms with Crippen LogP contribution in [0.5, 0.6) is 11.5 Å². The summed E-state index contributed by atoms with van der Waals surface area (Å²) in [6.07, 6.45) is 6.45. The van der Waals surface area contributed by atoms with Crippen LogP contribution in [0.15, 0.2) is 55.2 Å². The monoisotopic (exact) mass is 487 g/mol. The number of phenolic OH excluding ortho intramolecular Hbond substituents is 1. The number of nitrogens with zero attached hydrogens (tertiary/aromatic N) is 6. The Hall–Kier alpha value is -4.31. The molecular formula is C26H26FN7O2. The molecule has 0 fully saturated rings. The number of aryl methyl sites for hydroxylation is 1. The summed E-state index contributed by atoms with van der Waals surface area (Å²) in [5.41, 5.74) is 2.67. The van der Waals surface area contributed by atoms with E-state index in [-0.39, 0.29) is 28.4 Å². The number of likely N-dealkylation sites (N-methyl/N-ethyl adjacent to an activating group) is 1. The Morgan fingerprint density at radius 1 is 1.17 bits per heavy atom. The number of rotatable bonds is 7. The topological polar surface area (TPSA) is 101 Å². The van der Waals surface area contributed by atoms with E-state index in [0.717, 1.165) is 11.1 Å². The lowest BCUT2D eigenvalue weighted by atomic mass is 10.1. The molecule has 1 atom stereocenters. The fraction of sp³-hybridized carbons (Fsp3) is 0.231. The molecule has 0 saturated heterocycles. The molecule has 0 aliphatic heterocycles. The second-order valence-electron chi connectivity index (χ2n) is 8.97. The van der Waals surface area contributed by atoms with Gasteiger partial charge in [0.1, 0.15) is 35.3 Å². The zero-order chi connectivity index (χ0) is 25.4. The minimum absolute atomic E-state index is 0.0663. The molecule has 0 aliphatic carbocycles. The molecule has 9 nitrogen and oxygen atoms in total. The van der Waals surface area contributed by atoms with E-state index in [2.05, 4.69) is 25.4 Å². The summed E-state index contributed by atoms with van der Waals surface area (Å²) in [4.78, 5) is 15.0. The highest BCUT2D eigenvalue weighted by atomic mass is 19.1. The average Bonchev–Trinajstić information content (AvgIpc) is 3.28. The van der Waals surface area contributed by atoms with Crippen molar-refractivity contribution in [2.45, 2.75) is 13.0 Å². The number of phenols is 1. The van der Waals surface area contributed by atoms with E-state index < -0.39 is 5.82 Å². The number of ether oxygens (including phenoxy) is 1. The molecule has 5 rings (SSSR count). The number of aromatic nitrogens is 5. The number of benzene rings is 2. The second kappa shape index (κ2) is 9.38. The van der Waals surface area contributed by atoms with E-state index in [1.165, 1.54) is 18.6 Å². The Morgan fingerprint density at radius 3 is 2.75 bits per heavy atom. The maximum absolute atomic E-state index is 15.4. The van der Waals surface area contributed by atoms with Crippen LogP contribution in [-0.2, 0) is 7.05 Å². The Bertz CT molecular complexity index is 1570. The third-order valence-corrected chi connectivity index (χ3v) is 5.75. The minimum atomic E-state index is -0.543. The standard InChI is InChI=1S/C26H26FN7O2/c1-15(12-33(2)3)36-22-9-16(17-11-31-34(4)13-17)8-19-23(22)26(30-14-29-19)32-20-10-21(35)25-18(24(20)27)6-5-7-28-25/h5-11,13-15,35H,12H2,1-4H3,(H,29,30,32)/t15-/m1/s1. The first-order valence-corrected chi connectivity index (χ1v) is 11.4. The van der Waals surface area contributed by atoms with Gasteiger partial charge in [-0.05, 0) is 50.8 Å². The lowest BCUT2D eigenvalue weighted by Crippen LogP contribution is -2.28. The molecule has 0 radical (unpaired) electrons. The molecule has 0 bridgehead atoms. The van der Waals surface area contributed by atoms with Crippen molar-refractivity contribution in [2.75, 3.05) is 26.0 Å². The lowest BCUT2D eigenvalue weighted by Gasteiger charge is -2.21. The number of aromatic hydroxyl groups is 1. The number of anilines is 2. The Morgan fingerprint density at radius 2 is 2.00 bits per heavy atom. The molecule has 0 saturated carbocycles. The fourth-order valence-corrected chi connectivity index (χ4v) is 4.27. The van der Waals surface area contributed by atoms with Crippen LogP contribution >= 0.6 is 0 Å². The molecule has 0 unspecified atom stereocenters. The first kappa shape index (κ1) is 23.4. The third-order valence-electron chi connectivity index (χ3n) is 5.75. The van der Waals surface area contributed by atoms with E-state index in [4.69, 9.17) is 4.74 Å². The molecule has 0 spiro atoms. The predicted molar refractivity (Wildman–Crippen MR) is 137 cm³/mol. The van der Waals surface area contributed by atoms with Gasteiger partial charge >= 0.3 is 0 Å². The van der Waals surface area contributed by atoms with Gasteiger partial charge in [-0.1, -0.05) is 0 Å². The van der Waals surface area contributed by atoms with Crippen molar-refractivity contribution in [3.05, 3.63) is 61.1 Å². The summed E-state index contributed by atoms with van der Waals surface area (Å²) in [7, 11) is 5.81. The van der Waals surface area contributed by atoms with E-state index >= 15 is 4.39 Å². The highest BCUT2D eigenvalue weighted by molar-refractivity contribution is 5.99. The summed E-state index contributed by atoms with van der Waals surface area (Å²) in [6, 6.07) is 8.32. The minimum Gasteiger partial charge on any atom is -0.506 e. The van der Waals surface area contributed by atoms with E-state index in [1.807, 2.05) is 51.3 Å². The molecule has 0 aliphatic rings. The summed E-state index contributed by atoms with van der Waals surface area (Å²) < 4.78 is 23.5. The van der Waals surface area contributed by atoms with Crippen molar-refractivity contribution in [1.29, 1.82) is 0 Å². The van der Waals surface area contributed by atoms with Crippen LogP contribution < -0.4 is 10.1 Å². The van der Waals surface area contributed by atoms with Crippen LogP contribution in [0, 0.1) is 5.82 Å². The third kappa shape index (κ3) is 4.50. The number of halogens is 1. The van der Waals surface area contributed by atoms with Crippen LogP contribution in [0.1, 0.15) is 6.92 Å². The maximum Gasteiger partial charge on any atom is 0.156 e. The smallest absolute Gasteiger partial charge is 0.156 e. The zero-order valence-corrected chi connectivity index (χ0v) is 20.4. The molecule has 3 aromatic heterocycles. The number of hydrogen-bond donors (Lipinski definition) is 2. The van der Waals surface area contributed by atoms with Crippen molar-refractivity contribution in [3.63, 3.8) is 0 Å². The molecule has 5 aromatic rings. The normalized spacial score (nSPS) is 12.4. The number of fused-ring (bicyclic) bond motifs is 2. The predicted octanol–water partition coefficient (Wildman–Crippen LogP) is 4.50. The van der Waals surface area contributed by atoms with Crippen LogP contribution in [0.25, 0.3) is 32.9 Å². The quantitative estimate of drug-likeness (QED) is 0.346. The molecule has 3 heterocycles. The highest BCUT2D eigenvalue weighted by Gasteiger charge is 2.19. The van der Waals surface area contributed by atoms with E-state index in [9.17, 15) is 5.11 Å². The largest absolute Gasteiger partial charge is 0.506 e. The SMILES string of the molecule is C[C@H](CN(C)C)Oc1cc(-c2cnn(C)c2)cc2ncnc(Nc3cc(O)c4ncccc4c3F)c12. The summed E-state index contributed by atoms with van der Waals surface area (Å²) in [6.45, 7) is 2.67. The van der Waals surface area contributed by atoms with Crippen molar-refractivity contribution in [1.82, 2.24) is 29.6 Å². The first-order chi connectivity index (χ1) is 17.3. The van der Waals surface area contributed by atoms with Gasteiger partial charge in [0.2, 0.25) is 0 Å². The van der Waals surface area contributed by atoms with Gasteiger partial charge in [-0.3, -0.25) is 9.67 Å². The number of pyridine rings is 1. The second-order valence-corrected chi connectivity index (χ2v) is 8.97. The fourth-order valence-electron chi connectivity index (χ4n) is 4.27. The molecule has 2 N–H and O–H groups in total. The van der Waals surface area contributed by atoms with Crippen LogP contribution in [-0.4, -0.2) is 61.5 Å². The van der Waals surface area contributed by atoms with Gasteiger partial charge in [0, 0.05) is 43.0 Å². The molecule has 10 heteroatoms. The van der Waals surface area contributed by atoms with Crippen LogP contribution in [0.4, 0.5) is 15.9 Å². The maximum atomic E-state index is 15.4. The van der Waals surface area contributed by atoms with Crippen LogP contribution in [0.3, 0.4) is 0 Å². The van der Waals surface area contributed by atoms with Gasteiger partial charge in [0.15, 0.2) is 5.82 Å². The highest BCUT2D eigenvalue weighted by Crippen LogP contribution is 2.38. The Kier molecular flexibility index (Phi) is 6.11. The van der Waals surface area contributed by atoms with Gasteiger partial charge in [-0.15, -0.1) is 0 Å². The van der Waals surface area contributed by atoms with E-state index in [1.54, 1.807) is 23.0 Å². The van der Waals surface area contributed by atoms with Gasteiger partial charge in [0.05, 0.1) is 22.8 Å². The van der Waals surface area contributed by atoms with Gasteiger partial charge in [0.25, 0.3) is 0 Å². The van der Waals surface area contributed by atoms with Crippen molar-refractivity contribution >= 4 is 33.3 Å². The summed E-state index contributed by atoms with van der Waals surface area (Å²) in [5.74, 6) is 0.225. The van der Waals surface area contributed by atoms with Gasteiger partial charge in [-0.2, -0.15) is 5.10 Å². The zero-order valence-electron chi connectivity index (χ0n) is 20.4. The number of hydrogen-bond acceptors (Lipinski definition) is 8. The first-order valence-electron chi connectivity index (χ1n) is 11.4. The Labute approximate surface area is 207 Å². The van der Waals surface area contributed by atoms with E-state index in [0.29, 0.717) is 29.0 Å². The Balaban J connectivity index is 1.65. The molecule has 0 amide bonds. The van der Waals surface area contributed by atoms with Gasteiger partial charge in [-0.25, -0.2) is 14.4 Å². The number of nitrogens with one attached hydrogen (secondary N) is 1. The van der Waals surface area contributed by atoms with Crippen LogP contribution in [0.2, 0.25) is 0 Å². The average molecular weight is 488 g/mol. The van der Waals surface area contributed by atoms with Crippen molar-refractivity contribution in [2.24, 2.45) is 7.05 Å². The summed E-state index contributed by atoms with van der Waals surface area (Å²) >= 11 is 0. The molecule has 2 aromatic carbocycles.